The van der Waals surface area contributed by atoms with Crippen molar-refractivity contribution in [1.29, 1.82) is 5.41 Å². The Kier molecular flexibility index (Phi) is 3.98. The van der Waals surface area contributed by atoms with Crippen molar-refractivity contribution < 1.29 is 4.74 Å². The minimum atomic E-state index is 0.275. The molecule has 0 radical (unpaired) electrons. The van der Waals surface area contributed by atoms with Crippen LogP contribution in [0.2, 0.25) is 0 Å². The zero-order chi connectivity index (χ0) is 12.1. The molecule has 1 heterocycles. The van der Waals surface area contributed by atoms with Crippen LogP contribution in [0.25, 0.3) is 0 Å². The van der Waals surface area contributed by atoms with Crippen LogP contribution in [-0.2, 0) is 6.54 Å². The average molecular weight is 233 g/mol. The smallest absolute Gasteiger partial charge is 0.123 e. The van der Waals surface area contributed by atoms with E-state index in [1.165, 1.54) is 5.56 Å². The molecule has 1 aromatic rings. The predicted molar refractivity (Wildman–Crippen MR) is 68.4 cm³/mol. The highest BCUT2D eigenvalue weighted by atomic mass is 16.5. The molecule has 0 spiro atoms. The van der Waals surface area contributed by atoms with Crippen LogP contribution in [0.5, 0.6) is 5.75 Å². The molecule has 1 aromatic carbocycles. The maximum absolute atomic E-state index is 7.21. The first kappa shape index (κ1) is 11.9. The van der Waals surface area contributed by atoms with Crippen LogP contribution in [0, 0.1) is 5.41 Å². The van der Waals surface area contributed by atoms with Gasteiger partial charge in [-0.2, -0.15) is 0 Å². The molecule has 17 heavy (non-hydrogen) atoms. The average Bonchev–Trinajstić information content (AvgIpc) is 2.50. The molecule has 0 bridgehead atoms. The van der Waals surface area contributed by atoms with Gasteiger partial charge in [0.2, 0.25) is 0 Å². The largest absolute Gasteiger partial charge is 0.492 e. The summed E-state index contributed by atoms with van der Waals surface area (Å²) >= 11 is 0. The van der Waals surface area contributed by atoms with Crippen LogP contribution in [-0.4, -0.2) is 30.4 Å². The molecule has 1 aliphatic heterocycles. The summed E-state index contributed by atoms with van der Waals surface area (Å²) in [5.74, 6) is 1.28. The minimum Gasteiger partial charge on any atom is -0.492 e. The Morgan fingerprint density at radius 2 is 2.24 bits per heavy atom. The van der Waals surface area contributed by atoms with Gasteiger partial charge in [0, 0.05) is 25.1 Å². The van der Waals surface area contributed by atoms with Crippen LogP contribution in [0.1, 0.15) is 18.4 Å². The van der Waals surface area contributed by atoms with Crippen molar-refractivity contribution in [3.63, 3.8) is 0 Å². The standard InChI is InChI=1S/C13H19N3O/c14-13(15)6-3-7-16-8-9-17-12-5-2-1-4-11(12)10-16/h1-2,4-5H,3,6-10H2,(H3,14,15). The van der Waals surface area contributed by atoms with Gasteiger partial charge in [-0.25, -0.2) is 0 Å². The monoisotopic (exact) mass is 233 g/mol. The molecule has 0 fully saturated rings. The quantitative estimate of drug-likeness (QED) is 0.613. The van der Waals surface area contributed by atoms with Gasteiger partial charge in [-0.05, 0) is 19.0 Å². The highest BCUT2D eigenvalue weighted by Crippen LogP contribution is 2.22. The fourth-order valence-corrected chi connectivity index (χ4v) is 2.06. The number of nitrogens with two attached hydrogens (primary N) is 1. The lowest BCUT2D eigenvalue weighted by molar-refractivity contribution is 0.225. The van der Waals surface area contributed by atoms with Crippen molar-refractivity contribution in [1.82, 2.24) is 4.90 Å². The SMILES string of the molecule is N=C(N)CCCN1CCOc2ccccc2C1. The summed E-state index contributed by atoms with van der Waals surface area (Å²) in [6, 6.07) is 8.18. The van der Waals surface area contributed by atoms with E-state index in [1.807, 2.05) is 18.2 Å². The summed E-state index contributed by atoms with van der Waals surface area (Å²) in [4.78, 5) is 2.36. The number of ether oxygens (including phenoxy) is 1. The summed E-state index contributed by atoms with van der Waals surface area (Å²) in [5, 5.41) is 7.21. The molecule has 0 unspecified atom stereocenters. The molecule has 2 rings (SSSR count). The Bertz CT molecular complexity index is 392. The molecular formula is C13H19N3O. The third kappa shape index (κ3) is 3.46. The number of fused-ring (bicyclic) bond motifs is 1. The maximum Gasteiger partial charge on any atom is 0.123 e. The molecule has 92 valence electrons. The molecule has 0 amide bonds. The molecule has 0 saturated carbocycles. The summed E-state index contributed by atoms with van der Waals surface area (Å²) in [6.07, 6.45) is 1.62. The van der Waals surface area contributed by atoms with E-state index in [1.54, 1.807) is 0 Å². The highest BCUT2D eigenvalue weighted by molar-refractivity contribution is 5.76. The van der Waals surface area contributed by atoms with Crippen molar-refractivity contribution in [2.24, 2.45) is 5.73 Å². The fourth-order valence-electron chi connectivity index (χ4n) is 2.06. The molecule has 1 aliphatic rings. The van der Waals surface area contributed by atoms with Crippen LogP contribution >= 0.6 is 0 Å². The van der Waals surface area contributed by atoms with E-state index >= 15 is 0 Å². The van der Waals surface area contributed by atoms with E-state index in [0.29, 0.717) is 6.42 Å². The highest BCUT2D eigenvalue weighted by Gasteiger charge is 2.14. The first-order valence-electron chi connectivity index (χ1n) is 6.01. The molecule has 4 nitrogen and oxygen atoms in total. The Hall–Kier alpha value is -1.55. The van der Waals surface area contributed by atoms with E-state index in [2.05, 4.69) is 11.0 Å². The topological polar surface area (TPSA) is 62.3 Å². The lowest BCUT2D eigenvalue weighted by Crippen LogP contribution is -2.27. The first-order chi connectivity index (χ1) is 8.25. The van der Waals surface area contributed by atoms with Gasteiger partial charge >= 0.3 is 0 Å². The number of hydrogen-bond acceptors (Lipinski definition) is 3. The fraction of sp³-hybridized carbons (Fsp3) is 0.462. The van der Waals surface area contributed by atoms with Crippen LogP contribution in [0.4, 0.5) is 0 Å². The van der Waals surface area contributed by atoms with E-state index in [0.717, 1.165) is 38.4 Å². The van der Waals surface area contributed by atoms with Gasteiger partial charge in [0.15, 0.2) is 0 Å². The second kappa shape index (κ2) is 5.68. The van der Waals surface area contributed by atoms with Gasteiger partial charge in [0.25, 0.3) is 0 Å². The van der Waals surface area contributed by atoms with Crippen molar-refractivity contribution in [2.45, 2.75) is 19.4 Å². The second-order valence-corrected chi connectivity index (χ2v) is 4.36. The molecule has 0 saturated heterocycles. The Labute approximate surface area is 102 Å². The summed E-state index contributed by atoms with van der Waals surface area (Å²) < 4.78 is 5.70. The van der Waals surface area contributed by atoms with Crippen LogP contribution < -0.4 is 10.5 Å². The number of hydrogen-bond donors (Lipinski definition) is 2. The Morgan fingerprint density at radius 1 is 1.41 bits per heavy atom. The Morgan fingerprint density at radius 3 is 3.06 bits per heavy atom. The number of nitrogens with one attached hydrogen (secondary N) is 1. The molecule has 3 N–H and O–H groups in total. The zero-order valence-corrected chi connectivity index (χ0v) is 9.98. The van der Waals surface area contributed by atoms with Crippen LogP contribution in [0.15, 0.2) is 24.3 Å². The number of amidine groups is 1. The lowest BCUT2D eigenvalue weighted by Gasteiger charge is -2.18. The molecular weight excluding hydrogens is 214 g/mol. The van der Waals surface area contributed by atoms with E-state index in [-0.39, 0.29) is 5.84 Å². The van der Waals surface area contributed by atoms with Gasteiger partial charge in [0.05, 0.1) is 5.84 Å². The van der Waals surface area contributed by atoms with Gasteiger partial charge in [-0.3, -0.25) is 10.3 Å². The number of rotatable bonds is 4. The summed E-state index contributed by atoms with van der Waals surface area (Å²) in [5.41, 5.74) is 6.60. The number of para-hydroxylation sites is 1. The molecule has 4 heteroatoms. The van der Waals surface area contributed by atoms with Crippen molar-refractivity contribution in [3.8, 4) is 5.75 Å². The number of benzene rings is 1. The second-order valence-electron chi connectivity index (χ2n) is 4.36. The van der Waals surface area contributed by atoms with Crippen molar-refractivity contribution >= 4 is 5.84 Å². The predicted octanol–water partition coefficient (Wildman–Crippen LogP) is 1.60. The van der Waals surface area contributed by atoms with E-state index < -0.39 is 0 Å². The summed E-state index contributed by atoms with van der Waals surface area (Å²) in [6.45, 7) is 3.56. The van der Waals surface area contributed by atoms with Gasteiger partial charge in [-0.1, -0.05) is 18.2 Å². The zero-order valence-electron chi connectivity index (χ0n) is 9.98. The van der Waals surface area contributed by atoms with Gasteiger partial charge in [0.1, 0.15) is 12.4 Å². The number of nitrogens with zero attached hydrogens (tertiary/aromatic N) is 1. The lowest BCUT2D eigenvalue weighted by atomic mass is 10.2. The molecule has 0 atom stereocenters. The van der Waals surface area contributed by atoms with Crippen LogP contribution in [0.3, 0.4) is 0 Å². The van der Waals surface area contributed by atoms with Crippen molar-refractivity contribution in [3.05, 3.63) is 29.8 Å². The third-order valence-electron chi connectivity index (χ3n) is 2.95. The van der Waals surface area contributed by atoms with Gasteiger partial charge in [-0.15, -0.1) is 0 Å². The molecule has 0 aromatic heterocycles. The Balaban J connectivity index is 1.91. The third-order valence-corrected chi connectivity index (χ3v) is 2.95. The summed E-state index contributed by atoms with van der Waals surface area (Å²) in [7, 11) is 0. The minimum absolute atomic E-state index is 0.275. The normalized spacial score (nSPS) is 15.8. The first-order valence-corrected chi connectivity index (χ1v) is 6.01. The van der Waals surface area contributed by atoms with E-state index in [9.17, 15) is 0 Å². The van der Waals surface area contributed by atoms with Gasteiger partial charge < -0.3 is 10.5 Å². The maximum atomic E-state index is 7.21. The molecule has 0 aliphatic carbocycles. The van der Waals surface area contributed by atoms with Crippen molar-refractivity contribution in [2.75, 3.05) is 19.7 Å². The van der Waals surface area contributed by atoms with E-state index in [4.69, 9.17) is 15.9 Å².